The number of rotatable bonds is 4. The van der Waals surface area contributed by atoms with E-state index in [1.165, 1.54) is 10.8 Å². The summed E-state index contributed by atoms with van der Waals surface area (Å²) in [6, 6.07) is 16.4. The zero-order valence-corrected chi connectivity index (χ0v) is 15.6. The molecule has 0 bridgehead atoms. The van der Waals surface area contributed by atoms with E-state index >= 15 is 0 Å². The molecule has 2 heterocycles. The van der Waals surface area contributed by atoms with Crippen LogP contribution in [0.15, 0.2) is 54.7 Å². The molecule has 0 unspecified atom stereocenters. The number of hydrogen-bond acceptors (Lipinski definition) is 3. The largest absolute Gasteiger partial charge is 0.391 e. The summed E-state index contributed by atoms with van der Waals surface area (Å²) in [4.78, 5) is 14.6. The van der Waals surface area contributed by atoms with Gasteiger partial charge in [0.2, 0.25) is 0 Å². The Kier molecular flexibility index (Phi) is 4.94. The summed E-state index contributed by atoms with van der Waals surface area (Å²) >= 11 is 0. The van der Waals surface area contributed by atoms with Crippen molar-refractivity contribution in [3.63, 3.8) is 0 Å². The predicted molar refractivity (Wildman–Crippen MR) is 106 cm³/mol. The number of carbonyl (C=O) groups is 1. The molecule has 0 spiro atoms. The minimum Gasteiger partial charge on any atom is -0.391 e. The zero-order valence-electron chi connectivity index (χ0n) is 15.6. The SMILES string of the molecule is CCCn1nccc1C(=O)N1CC[C@H](c2ccc3ccccc3c2)[C@@H](O)C1. The fourth-order valence-corrected chi connectivity index (χ4v) is 4.01. The first-order chi connectivity index (χ1) is 13.2. The van der Waals surface area contributed by atoms with Crippen molar-refractivity contribution in [2.24, 2.45) is 0 Å². The molecule has 1 fully saturated rings. The van der Waals surface area contributed by atoms with E-state index in [9.17, 15) is 9.90 Å². The van der Waals surface area contributed by atoms with E-state index in [2.05, 4.69) is 42.4 Å². The van der Waals surface area contributed by atoms with Gasteiger partial charge in [-0.15, -0.1) is 0 Å². The molecule has 4 rings (SSSR count). The third kappa shape index (κ3) is 3.47. The summed E-state index contributed by atoms with van der Waals surface area (Å²) in [5.74, 6) is 0.0103. The fraction of sp³-hybridized carbons (Fsp3) is 0.364. The third-order valence-corrected chi connectivity index (χ3v) is 5.44. The molecule has 5 nitrogen and oxygen atoms in total. The zero-order chi connectivity index (χ0) is 18.8. The quantitative estimate of drug-likeness (QED) is 0.772. The lowest BCUT2D eigenvalue weighted by atomic mass is 9.86. The van der Waals surface area contributed by atoms with Crippen molar-refractivity contribution in [3.05, 3.63) is 66.0 Å². The molecule has 1 saturated heterocycles. The predicted octanol–water partition coefficient (Wildman–Crippen LogP) is 3.44. The molecule has 0 aliphatic carbocycles. The first-order valence-corrected chi connectivity index (χ1v) is 9.65. The topological polar surface area (TPSA) is 58.4 Å². The van der Waals surface area contributed by atoms with Gasteiger partial charge in [0.15, 0.2) is 0 Å². The molecule has 2 aromatic carbocycles. The average molecular weight is 363 g/mol. The number of carbonyl (C=O) groups excluding carboxylic acids is 1. The summed E-state index contributed by atoms with van der Waals surface area (Å²) < 4.78 is 1.75. The number of benzene rings is 2. The molecular weight excluding hydrogens is 338 g/mol. The van der Waals surface area contributed by atoms with Crippen molar-refractivity contribution in [2.75, 3.05) is 13.1 Å². The van der Waals surface area contributed by atoms with E-state index in [0.29, 0.717) is 18.8 Å². The van der Waals surface area contributed by atoms with Gasteiger partial charge in [-0.25, -0.2) is 0 Å². The number of fused-ring (bicyclic) bond motifs is 1. The fourth-order valence-electron chi connectivity index (χ4n) is 4.01. The highest BCUT2D eigenvalue weighted by Crippen LogP contribution is 2.31. The number of amides is 1. The van der Waals surface area contributed by atoms with Crippen LogP contribution in [0.1, 0.15) is 41.7 Å². The van der Waals surface area contributed by atoms with Gasteiger partial charge in [0.1, 0.15) is 5.69 Å². The van der Waals surface area contributed by atoms with Gasteiger partial charge in [-0.3, -0.25) is 9.48 Å². The van der Waals surface area contributed by atoms with Crippen molar-refractivity contribution in [3.8, 4) is 0 Å². The van der Waals surface area contributed by atoms with E-state index in [0.717, 1.165) is 24.9 Å². The number of likely N-dealkylation sites (tertiary alicyclic amines) is 1. The van der Waals surface area contributed by atoms with Crippen LogP contribution in [0.2, 0.25) is 0 Å². The summed E-state index contributed by atoms with van der Waals surface area (Å²) in [5, 5.41) is 17.4. The molecule has 1 aromatic heterocycles. The average Bonchev–Trinajstić information content (AvgIpc) is 3.15. The van der Waals surface area contributed by atoms with Crippen LogP contribution in [0.5, 0.6) is 0 Å². The number of aliphatic hydroxyl groups is 1. The number of β-amino-alcohol motifs (C(OH)–C–C–N with tert-alkyl or cyclic N) is 1. The van der Waals surface area contributed by atoms with Gasteiger partial charge in [0.25, 0.3) is 5.91 Å². The number of aliphatic hydroxyl groups excluding tert-OH is 1. The maximum Gasteiger partial charge on any atom is 0.272 e. The smallest absolute Gasteiger partial charge is 0.272 e. The Balaban J connectivity index is 1.50. The van der Waals surface area contributed by atoms with E-state index in [4.69, 9.17) is 0 Å². The third-order valence-electron chi connectivity index (χ3n) is 5.44. The Morgan fingerprint density at radius 2 is 2.00 bits per heavy atom. The summed E-state index contributed by atoms with van der Waals surface area (Å²) in [6.07, 6.45) is 2.79. The monoisotopic (exact) mass is 363 g/mol. The standard InChI is InChI=1S/C22H25N3O2/c1-2-12-25-20(9-11-23-25)22(27)24-13-10-19(21(26)15-24)18-8-7-16-5-3-4-6-17(16)14-18/h3-9,11,14,19,21,26H,2,10,12-13,15H2,1H3/t19-,21+/m1/s1. The van der Waals surface area contributed by atoms with Crippen LogP contribution >= 0.6 is 0 Å². The minimum absolute atomic E-state index is 0.0445. The maximum atomic E-state index is 12.9. The molecule has 1 amide bonds. The Morgan fingerprint density at radius 1 is 1.19 bits per heavy atom. The molecule has 3 aromatic rings. The van der Waals surface area contributed by atoms with Crippen LogP contribution in [-0.2, 0) is 6.54 Å². The van der Waals surface area contributed by atoms with E-state index in [1.807, 2.05) is 12.1 Å². The molecular formula is C22H25N3O2. The summed E-state index contributed by atoms with van der Waals surface area (Å²) in [6.45, 7) is 3.79. The maximum absolute atomic E-state index is 12.9. The lowest BCUT2D eigenvalue weighted by molar-refractivity contribution is 0.0373. The second kappa shape index (κ2) is 7.53. The van der Waals surface area contributed by atoms with Crippen molar-refractivity contribution in [1.29, 1.82) is 0 Å². The van der Waals surface area contributed by atoms with Crippen LogP contribution < -0.4 is 0 Å². The summed E-state index contributed by atoms with van der Waals surface area (Å²) in [7, 11) is 0. The number of piperidine rings is 1. The van der Waals surface area contributed by atoms with Crippen LogP contribution in [0.4, 0.5) is 0 Å². The summed E-state index contributed by atoms with van der Waals surface area (Å²) in [5.41, 5.74) is 1.75. The van der Waals surface area contributed by atoms with E-state index in [-0.39, 0.29) is 11.8 Å². The van der Waals surface area contributed by atoms with Crippen LogP contribution in [0.25, 0.3) is 10.8 Å². The van der Waals surface area contributed by atoms with Gasteiger partial charge < -0.3 is 10.0 Å². The van der Waals surface area contributed by atoms with Crippen molar-refractivity contribution < 1.29 is 9.90 Å². The Bertz CT molecular complexity index is 949. The number of aryl methyl sites for hydroxylation is 1. The molecule has 0 radical (unpaired) electrons. The molecule has 27 heavy (non-hydrogen) atoms. The van der Waals surface area contributed by atoms with Gasteiger partial charge in [-0.1, -0.05) is 49.4 Å². The van der Waals surface area contributed by atoms with Crippen LogP contribution in [0, 0.1) is 0 Å². The van der Waals surface area contributed by atoms with E-state index in [1.54, 1.807) is 21.8 Å². The highest BCUT2D eigenvalue weighted by atomic mass is 16.3. The normalized spacial score (nSPS) is 20.1. The lowest BCUT2D eigenvalue weighted by Gasteiger charge is -2.36. The Hall–Kier alpha value is -2.66. The first kappa shape index (κ1) is 17.7. The van der Waals surface area contributed by atoms with Gasteiger partial charge >= 0.3 is 0 Å². The molecule has 1 N–H and O–H groups in total. The highest BCUT2D eigenvalue weighted by molar-refractivity contribution is 5.92. The molecule has 140 valence electrons. The number of nitrogens with zero attached hydrogens (tertiary/aromatic N) is 3. The number of aromatic nitrogens is 2. The lowest BCUT2D eigenvalue weighted by Crippen LogP contribution is -2.46. The highest BCUT2D eigenvalue weighted by Gasteiger charge is 2.32. The van der Waals surface area contributed by atoms with Crippen molar-refractivity contribution >= 4 is 16.7 Å². The molecule has 1 aliphatic rings. The second-order valence-corrected chi connectivity index (χ2v) is 7.26. The van der Waals surface area contributed by atoms with Gasteiger partial charge in [-0.05, 0) is 35.2 Å². The van der Waals surface area contributed by atoms with E-state index < -0.39 is 6.10 Å². The molecule has 0 saturated carbocycles. The molecule has 2 atom stereocenters. The van der Waals surface area contributed by atoms with Gasteiger partial charge in [0, 0.05) is 31.7 Å². The molecule has 1 aliphatic heterocycles. The van der Waals surface area contributed by atoms with Crippen LogP contribution in [-0.4, -0.2) is 44.9 Å². The minimum atomic E-state index is -0.564. The van der Waals surface area contributed by atoms with Crippen molar-refractivity contribution in [1.82, 2.24) is 14.7 Å². The second-order valence-electron chi connectivity index (χ2n) is 7.26. The molecule has 5 heteroatoms. The first-order valence-electron chi connectivity index (χ1n) is 9.65. The Morgan fingerprint density at radius 3 is 2.78 bits per heavy atom. The van der Waals surface area contributed by atoms with Crippen LogP contribution in [0.3, 0.4) is 0 Å². The van der Waals surface area contributed by atoms with Gasteiger partial charge in [-0.2, -0.15) is 5.10 Å². The Labute approximate surface area is 159 Å². The van der Waals surface area contributed by atoms with Crippen molar-refractivity contribution in [2.45, 2.75) is 38.3 Å². The number of hydrogen-bond donors (Lipinski definition) is 1. The van der Waals surface area contributed by atoms with Gasteiger partial charge in [0.05, 0.1) is 6.10 Å².